The summed E-state index contributed by atoms with van der Waals surface area (Å²) in [6, 6.07) is 0. The van der Waals surface area contributed by atoms with Gasteiger partial charge in [-0.05, 0) is 25.7 Å². The van der Waals surface area contributed by atoms with Crippen LogP contribution in [0.4, 0.5) is 0 Å². The van der Waals surface area contributed by atoms with Crippen molar-refractivity contribution in [2.24, 2.45) is 10.9 Å². The highest BCUT2D eigenvalue weighted by molar-refractivity contribution is 14.0. The zero-order valence-corrected chi connectivity index (χ0v) is 18.7. The molecule has 0 aliphatic carbocycles. The lowest BCUT2D eigenvalue weighted by molar-refractivity contribution is 0.0323. The molecule has 1 saturated heterocycles. The van der Waals surface area contributed by atoms with E-state index in [1.807, 2.05) is 0 Å². The van der Waals surface area contributed by atoms with Gasteiger partial charge in [-0.2, -0.15) is 0 Å². The van der Waals surface area contributed by atoms with E-state index in [2.05, 4.69) is 36.3 Å². The maximum Gasteiger partial charge on any atom is 0.191 e. The number of halogens is 1. The number of morpholine rings is 1. The molecule has 0 aromatic rings. The molecule has 0 amide bonds. The molecule has 2 N–H and O–H groups in total. The summed E-state index contributed by atoms with van der Waals surface area (Å²) in [7, 11) is 0. The molecule has 0 aromatic heterocycles. The molecule has 150 valence electrons. The van der Waals surface area contributed by atoms with Gasteiger partial charge >= 0.3 is 0 Å². The van der Waals surface area contributed by atoms with E-state index in [-0.39, 0.29) is 24.0 Å². The summed E-state index contributed by atoms with van der Waals surface area (Å²) in [6.07, 6.45) is 3.36. The first-order valence-electron chi connectivity index (χ1n) is 9.66. The molecule has 1 aliphatic heterocycles. The van der Waals surface area contributed by atoms with Crippen LogP contribution < -0.4 is 10.6 Å². The smallest absolute Gasteiger partial charge is 0.191 e. The molecule has 1 rings (SSSR count). The predicted molar refractivity (Wildman–Crippen MR) is 116 cm³/mol. The molecular weight excluding hydrogens is 431 g/mol. The Morgan fingerprint density at radius 1 is 1.16 bits per heavy atom. The van der Waals surface area contributed by atoms with Crippen molar-refractivity contribution in [3.8, 4) is 0 Å². The average molecular weight is 470 g/mol. The molecule has 0 bridgehead atoms. The summed E-state index contributed by atoms with van der Waals surface area (Å²) in [5.74, 6) is 1.47. The summed E-state index contributed by atoms with van der Waals surface area (Å²) < 4.78 is 11.0. The number of hydrogen-bond acceptors (Lipinski definition) is 4. The summed E-state index contributed by atoms with van der Waals surface area (Å²) in [6.45, 7) is 15.8. The van der Waals surface area contributed by atoms with Gasteiger partial charge in [-0.3, -0.25) is 9.89 Å². The fourth-order valence-electron chi connectivity index (χ4n) is 2.60. The summed E-state index contributed by atoms with van der Waals surface area (Å²) in [5, 5.41) is 6.71. The average Bonchev–Trinajstić information content (AvgIpc) is 2.59. The Bertz CT molecular complexity index is 326. The molecule has 1 aliphatic rings. The topological polar surface area (TPSA) is 58.1 Å². The van der Waals surface area contributed by atoms with Gasteiger partial charge in [0.05, 0.1) is 13.2 Å². The van der Waals surface area contributed by atoms with Gasteiger partial charge in [0.1, 0.15) is 0 Å². The van der Waals surface area contributed by atoms with Gasteiger partial charge in [0.15, 0.2) is 5.96 Å². The first-order chi connectivity index (χ1) is 11.8. The molecule has 7 heteroatoms. The second-order valence-electron chi connectivity index (χ2n) is 6.48. The van der Waals surface area contributed by atoms with Crippen LogP contribution in [0.15, 0.2) is 4.99 Å². The van der Waals surface area contributed by atoms with Crippen LogP contribution >= 0.6 is 24.0 Å². The second kappa shape index (κ2) is 17.3. The SMILES string of the molecule is CCCCOCCCNC(=NCC(C)CN1CCOCC1)NCC.I. The molecule has 25 heavy (non-hydrogen) atoms. The van der Waals surface area contributed by atoms with Gasteiger partial charge in [-0.1, -0.05) is 20.3 Å². The molecule has 0 radical (unpaired) electrons. The van der Waals surface area contributed by atoms with E-state index in [0.717, 1.165) is 84.5 Å². The molecule has 6 nitrogen and oxygen atoms in total. The molecule has 1 unspecified atom stereocenters. The molecule has 0 saturated carbocycles. The fraction of sp³-hybridized carbons (Fsp3) is 0.944. The minimum atomic E-state index is 0. The molecule has 1 heterocycles. The number of unbranched alkanes of at least 4 members (excludes halogenated alkanes) is 1. The first kappa shape index (κ1) is 24.9. The normalized spacial score (nSPS) is 17.0. The van der Waals surface area contributed by atoms with Crippen molar-refractivity contribution in [1.82, 2.24) is 15.5 Å². The van der Waals surface area contributed by atoms with Gasteiger partial charge in [0.2, 0.25) is 0 Å². The zero-order chi connectivity index (χ0) is 17.5. The van der Waals surface area contributed by atoms with E-state index in [4.69, 9.17) is 14.5 Å². The van der Waals surface area contributed by atoms with Crippen molar-refractivity contribution >= 4 is 29.9 Å². The Hall–Kier alpha value is -0.120. The minimum Gasteiger partial charge on any atom is -0.381 e. The van der Waals surface area contributed by atoms with Crippen LogP contribution in [-0.4, -0.2) is 76.6 Å². The van der Waals surface area contributed by atoms with E-state index >= 15 is 0 Å². The van der Waals surface area contributed by atoms with Crippen LogP contribution in [0.1, 0.15) is 40.0 Å². The van der Waals surface area contributed by atoms with Crippen LogP contribution in [0.25, 0.3) is 0 Å². The van der Waals surface area contributed by atoms with Crippen LogP contribution in [0.3, 0.4) is 0 Å². The Labute approximate surface area is 171 Å². The lowest BCUT2D eigenvalue weighted by atomic mass is 10.1. The van der Waals surface area contributed by atoms with E-state index in [0.29, 0.717) is 5.92 Å². The highest BCUT2D eigenvalue weighted by Gasteiger charge is 2.13. The van der Waals surface area contributed by atoms with E-state index in [1.54, 1.807) is 0 Å². The largest absolute Gasteiger partial charge is 0.381 e. The van der Waals surface area contributed by atoms with Crippen molar-refractivity contribution in [2.75, 3.05) is 65.7 Å². The maximum atomic E-state index is 5.58. The van der Waals surface area contributed by atoms with E-state index in [1.165, 1.54) is 6.42 Å². The van der Waals surface area contributed by atoms with Gasteiger partial charge in [0.25, 0.3) is 0 Å². The van der Waals surface area contributed by atoms with Crippen LogP contribution in [0.2, 0.25) is 0 Å². The number of rotatable bonds is 12. The summed E-state index contributed by atoms with van der Waals surface area (Å²) in [4.78, 5) is 7.19. The number of guanidine groups is 1. The monoisotopic (exact) mass is 470 g/mol. The Morgan fingerprint density at radius 2 is 1.88 bits per heavy atom. The Kier molecular flexibility index (Phi) is 17.2. The van der Waals surface area contributed by atoms with E-state index in [9.17, 15) is 0 Å². The number of nitrogens with zero attached hydrogens (tertiary/aromatic N) is 2. The van der Waals surface area contributed by atoms with Crippen molar-refractivity contribution in [3.63, 3.8) is 0 Å². The standard InChI is InChI=1S/C18H38N4O2.HI/c1-4-6-11-23-12-7-8-20-18(19-5-2)21-15-17(3)16-22-9-13-24-14-10-22;/h17H,4-16H2,1-3H3,(H2,19,20,21);1H. The highest BCUT2D eigenvalue weighted by atomic mass is 127. The van der Waals surface area contributed by atoms with Crippen LogP contribution in [0, 0.1) is 5.92 Å². The Balaban J connectivity index is 0.00000576. The van der Waals surface area contributed by atoms with E-state index < -0.39 is 0 Å². The lowest BCUT2D eigenvalue weighted by Gasteiger charge is -2.28. The summed E-state index contributed by atoms with van der Waals surface area (Å²) >= 11 is 0. The predicted octanol–water partition coefficient (Wildman–Crippen LogP) is 2.33. The third kappa shape index (κ3) is 13.7. The lowest BCUT2D eigenvalue weighted by Crippen LogP contribution is -2.40. The van der Waals surface area contributed by atoms with Crippen molar-refractivity contribution in [3.05, 3.63) is 0 Å². The van der Waals surface area contributed by atoms with Crippen LogP contribution in [0.5, 0.6) is 0 Å². The fourth-order valence-corrected chi connectivity index (χ4v) is 2.60. The second-order valence-corrected chi connectivity index (χ2v) is 6.48. The first-order valence-corrected chi connectivity index (χ1v) is 9.66. The zero-order valence-electron chi connectivity index (χ0n) is 16.4. The third-order valence-corrected chi connectivity index (χ3v) is 3.98. The van der Waals surface area contributed by atoms with Gasteiger partial charge in [-0.25, -0.2) is 0 Å². The van der Waals surface area contributed by atoms with Gasteiger partial charge < -0.3 is 20.1 Å². The third-order valence-electron chi connectivity index (χ3n) is 3.98. The molecule has 1 atom stereocenters. The quantitative estimate of drug-likeness (QED) is 0.199. The Morgan fingerprint density at radius 3 is 2.56 bits per heavy atom. The number of aliphatic imine (C=N–C) groups is 1. The van der Waals surface area contributed by atoms with Crippen LogP contribution in [-0.2, 0) is 9.47 Å². The molecule has 0 spiro atoms. The van der Waals surface area contributed by atoms with Crippen molar-refractivity contribution < 1.29 is 9.47 Å². The molecule has 0 aromatic carbocycles. The van der Waals surface area contributed by atoms with Crippen molar-refractivity contribution in [1.29, 1.82) is 0 Å². The van der Waals surface area contributed by atoms with Crippen molar-refractivity contribution in [2.45, 2.75) is 40.0 Å². The van der Waals surface area contributed by atoms with Gasteiger partial charge in [0, 0.05) is 52.5 Å². The van der Waals surface area contributed by atoms with Gasteiger partial charge in [-0.15, -0.1) is 24.0 Å². The highest BCUT2D eigenvalue weighted by Crippen LogP contribution is 2.03. The number of ether oxygens (including phenoxy) is 2. The summed E-state index contributed by atoms with van der Waals surface area (Å²) in [5.41, 5.74) is 0. The minimum absolute atomic E-state index is 0. The molecular formula is C18H39IN4O2. The number of hydrogen-bond donors (Lipinski definition) is 2. The molecule has 1 fully saturated rings. The maximum absolute atomic E-state index is 5.58. The number of nitrogens with one attached hydrogen (secondary N) is 2.